The summed E-state index contributed by atoms with van der Waals surface area (Å²) >= 11 is 3.41. The average Bonchev–Trinajstić information content (AvgIpc) is 2.44. The number of hydrogen-bond acceptors (Lipinski definition) is 3. The van der Waals surface area contributed by atoms with Gasteiger partial charge in [-0.05, 0) is 31.0 Å². The predicted octanol–water partition coefficient (Wildman–Crippen LogP) is 2.31. The van der Waals surface area contributed by atoms with Gasteiger partial charge in [-0.15, -0.1) is 0 Å². The smallest absolute Gasteiger partial charge is 0.128 e. The molecular weight excluding hydrogens is 311 g/mol. The lowest BCUT2D eigenvalue weighted by molar-refractivity contribution is 0.151. The topological polar surface area (TPSA) is 35.5 Å². The number of hydrogen-bond donors (Lipinski definition) is 2. The fourth-order valence-corrected chi connectivity index (χ4v) is 2.96. The van der Waals surface area contributed by atoms with Gasteiger partial charge in [-0.25, -0.2) is 4.39 Å². The van der Waals surface area contributed by atoms with Crippen LogP contribution in [0.3, 0.4) is 0 Å². The quantitative estimate of drug-likeness (QED) is 0.869. The van der Waals surface area contributed by atoms with Crippen molar-refractivity contribution in [3.05, 3.63) is 34.1 Å². The number of piperazine rings is 1. The van der Waals surface area contributed by atoms with Gasteiger partial charge in [-0.2, -0.15) is 0 Å². The zero-order valence-electron chi connectivity index (χ0n) is 10.9. The van der Waals surface area contributed by atoms with E-state index in [0.717, 1.165) is 42.6 Å². The van der Waals surface area contributed by atoms with Crippen LogP contribution in [-0.2, 0) is 0 Å². The minimum absolute atomic E-state index is 0.0479. The molecule has 1 aliphatic rings. The lowest BCUT2D eigenvalue weighted by atomic mass is 9.99. The average molecular weight is 331 g/mol. The van der Waals surface area contributed by atoms with E-state index >= 15 is 0 Å². The summed E-state index contributed by atoms with van der Waals surface area (Å²) in [7, 11) is 0. The van der Waals surface area contributed by atoms with Crippen molar-refractivity contribution in [2.45, 2.75) is 18.9 Å². The fraction of sp³-hybridized carbons (Fsp3) is 0.571. The molecule has 106 valence electrons. The Balaban J connectivity index is 2.22. The lowest BCUT2D eigenvalue weighted by Crippen LogP contribution is -2.45. The monoisotopic (exact) mass is 330 g/mol. The Morgan fingerprint density at radius 1 is 1.37 bits per heavy atom. The van der Waals surface area contributed by atoms with Crippen LogP contribution in [0, 0.1) is 5.82 Å². The molecule has 1 aromatic carbocycles. The highest BCUT2D eigenvalue weighted by atomic mass is 79.9. The molecule has 1 atom stereocenters. The summed E-state index contributed by atoms with van der Waals surface area (Å²) < 4.78 is 15.0. The molecule has 0 unspecified atom stereocenters. The Kier molecular flexibility index (Phi) is 5.76. The van der Waals surface area contributed by atoms with Gasteiger partial charge in [0.15, 0.2) is 0 Å². The summed E-state index contributed by atoms with van der Waals surface area (Å²) in [4.78, 5) is 2.30. The Hall–Kier alpha value is -0.490. The number of halogens is 2. The van der Waals surface area contributed by atoms with E-state index in [1.54, 1.807) is 6.07 Å². The van der Waals surface area contributed by atoms with Crippen LogP contribution < -0.4 is 5.32 Å². The molecule has 1 fully saturated rings. The van der Waals surface area contributed by atoms with E-state index in [4.69, 9.17) is 5.11 Å². The second-order valence-electron chi connectivity index (χ2n) is 4.83. The van der Waals surface area contributed by atoms with Crippen molar-refractivity contribution in [1.82, 2.24) is 10.2 Å². The summed E-state index contributed by atoms with van der Waals surface area (Å²) in [6, 6.07) is 5.14. The number of nitrogens with zero attached hydrogens (tertiary/aromatic N) is 1. The maximum absolute atomic E-state index is 14.1. The van der Waals surface area contributed by atoms with Gasteiger partial charge in [0.2, 0.25) is 0 Å². The number of rotatable bonds is 5. The molecule has 1 heterocycles. The van der Waals surface area contributed by atoms with E-state index in [9.17, 15) is 4.39 Å². The first-order valence-electron chi connectivity index (χ1n) is 6.73. The molecule has 3 nitrogen and oxygen atoms in total. The molecule has 0 saturated carbocycles. The number of nitrogens with one attached hydrogen (secondary N) is 1. The van der Waals surface area contributed by atoms with E-state index in [1.807, 2.05) is 6.07 Å². The van der Waals surface area contributed by atoms with Crippen LogP contribution in [-0.4, -0.2) is 42.8 Å². The molecule has 1 saturated heterocycles. The highest BCUT2D eigenvalue weighted by molar-refractivity contribution is 9.10. The van der Waals surface area contributed by atoms with Gasteiger partial charge < -0.3 is 10.4 Å². The zero-order chi connectivity index (χ0) is 13.7. The second-order valence-corrected chi connectivity index (χ2v) is 5.75. The SMILES string of the molecule is OCCC[C@@H](c1cc(Br)ccc1F)N1CCNCC1. The highest BCUT2D eigenvalue weighted by Crippen LogP contribution is 2.30. The van der Waals surface area contributed by atoms with Crippen LogP contribution in [0.1, 0.15) is 24.4 Å². The van der Waals surface area contributed by atoms with Crippen molar-refractivity contribution in [2.75, 3.05) is 32.8 Å². The van der Waals surface area contributed by atoms with E-state index in [1.165, 1.54) is 6.07 Å². The third kappa shape index (κ3) is 3.99. The van der Waals surface area contributed by atoms with Crippen LogP contribution in [0.4, 0.5) is 4.39 Å². The first-order valence-corrected chi connectivity index (χ1v) is 7.52. The second kappa shape index (κ2) is 7.33. The molecule has 1 aliphatic heterocycles. The van der Waals surface area contributed by atoms with Crippen LogP contribution in [0.15, 0.2) is 22.7 Å². The molecule has 19 heavy (non-hydrogen) atoms. The first kappa shape index (κ1) is 14.9. The minimum Gasteiger partial charge on any atom is -0.396 e. The molecule has 2 rings (SSSR count). The Morgan fingerprint density at radius 3 is 2.79 bits per heavy atom. The van der Waals surface area contributed by atoms with Crippen molar-refractivity contribution < 1.29 is 9.50 Å². The molecule has 0 amide bonds. The zero-order valence-corrected chi connectivity index (χ0v) is 12.5. The summed E-state index contributed by atoms with van der Waals surface area (Å²) in [5, 5.41) is 12.4. The molecule has 0 spiro atoms. The molecule has 0 bridgehead atoms. The lowest BCUT2D eigenvalue weighted by Gasteiger charge is -2.35. The summed E-state index contributed by atoms with van der Waals surface area (Å²) in [6.45, 7) is 3.86. The molecule has 0 radical (unpaired) electrons. The maximum Gasteiger partial charge on any atom is 0.128 e. The van der Waals surface area contributed by atoms with Gasteiger partial charge >= 0.3 is 0 Å². The van der Waals surface area contributed by atoms with Crippen molar-refractivity contribution in [1.29, 1.82) is 0 Å². The van der Waals surface area contributed by atoms with E-state index in [0.29, 0.717) is 6.42 Å². The van der Waals surface area contributed by atoms with Crippen molar-refractivity contribution in [3.63, 3.8) is 0 Å². The molecule has 1 aromatic rings. The van der Waals surface area contributed by atoms with Crippen LogP contribution in [0.5, 0.6) is 0 Å². The van der Waals surface area contributed by atoms with E-state index in [-0.39, 0.29) is 18.5 Å². The summed E-state index contributed by atoms with van der Waals surface area (Å²) in [5.74, 6) is -0.162. The first-order chi connectivity index (χ1) is 9.22. The standard InChI is InChI=1S/C14H20BrFN2O/c15-11-3-4-13(16)12(10-11)14(2-1-9-19)18-7-5-17-6-8-18/h3-4,10,14,17,19H,1-2,5-9H2/t14-/m0/s1. The van der Waals surface area contributed by atoms with Crippen LogP contribution >= 0.6 is 15.9 Å². The van der Waals surface area contributed by atoms with E-state index < -0.39 is 0 Å². The minimum atomic E-state index is -0.162. The molecule has 0 aliphatic carbocycles. The van der Waals surface area contributed by atoms with Gasteiger partial charge in [-0.3, -0.25) is 4.90 Å². The number of benzene rings is 1. The van der Waals surface area contributed by atoms with Crippen molar-refractivity contribution >= 4 is 15.9 Å². The van der Waals surface area contributed by atoms with Gasteiger partial charge in [0.05, 0.1) is 0 Å². The number of aliphatic hydroxyl groups excluding tert-OH is 1. The Morgan fingerprint density at radius 2 is 2.11 bits per heavy atom. The van der Waals surface area contributed by atoms with Gasteiger partial charge in [-0.1, -0.05) is 15.9 Å². The predicted molar refractivity (Wildman–Crippen MR) is 77.6 cm³/mol. The molecule has 2 N–H and O–H groups in total. The highest BCUT2D eigenvalue weighted by Gasteiger charge is 2.24. The molecule has 0 aromatic heterocycles. The maximum atomic E-state index is 14.1. The Labute approximate surface area is 121 Å². The van der Waals surface area contributed by atoms with Crippen molar-refractivity contribution in [3.8, 4) is 0 Å². The summed E-state index contributed by atoms with van der Waals surface area (Å²) in [6.07, 6.45) is 1.48. The van der Waals surface area contributed by atoms with Gasteiger partial charge in [0, 0.05) is 48.9 Å². The normalized spacial score (nSPS) is 18.5. The number of aliphatic hydroxyl groups is 1. The van der Waals surface area contributed by atoms with Gasteiger partial charge in [0.25, 0.3) is 0 Å². The summed E-state index contributed by atoms with van der Waals surface area (Å²) in [5.41, 5.74) is 0.727. The van der Waals surface area contributed by atoms with E-state index in [2.05, 4.69) is 26.1 Å². The molecule has 5 heteroatoms. The van der Waals surface area contributed by atoms with Crippen LogP contribution in [0.2, 0.25) is 0 Å². The van der Waals surface area contributed by atoms with Crippen molar-refractivity contribution in [2.24, 2.45) is 0 Å². The largest absolute Gasteiger partial charge is 0.396 e. The Bertz CT molecular complexity index is 410. The fourth-order valence-electron chi connectivity index (χ4n) is 2.58. The third-order valence-electron chi connectivity index (χ3n) is 3.55. The van der Waals surface area contributed by atoms with Crippen LogP contribution in [0.25, 0.3) is 0 Å². The molecular formula is C14H20BrFN2O. The third-order valence-corrected chi connectivity index (χ3v) is 4.04. The van der Waals surface area contributed by atoms with Gasteiger partial charge in [0.1, 0.15) is 5.82 Å².